The van der Waals surface area contributed by atoms with E-state index in [2.05, 4.69) is 4.74 Å². The van der Waals surface area contributed by atoms with Crippen molar-refractivity contribution in [3.8, 4) is 11.5 Å². The van der Waals surface area contributed by atoms with Crippen molar-refractivity contribution in [2.24, 2.45) is 0 Å². The van der Waals surface area contributed by atoms with Gasteiger partial charge >= 0.3 is 12.6 Å². The Bertz CT molecular complexity index is 1300. The van der Waals surface area contributed by atoms with Gasteiger partial charge < -0.3 is 14.2 Å². The van der Waals surface area contributed by atoms with Gasteiger partial charge in [0, 0.05) is 5.39 Å². The van der Waals surface area contributed by atoms with Gasteiger partial charge in [-0.15, -0.1) is 0 Å². The van der Waals surface area contributed by atoms with Gasteiger partial charge in [0.2, 0.25) is 0 Å². The van der Waals surface area contributed by atoms with E-state index in [0.29, 0.717) is 22.1 Å². The number of hydrogen-bond donors (Lipinski definition) is 0. The maximum Gasteiger partial charge on any atom is 0.387 e. The third kappa shape index (κ3) is 4.66. The molecule has 0 fully saturated rings. The lowest BCUT2D eigenvalue weighted by Gasteiger charge is -2.16. The highest BCUT2D eigenvalue weighted by Crippen LogP contribution is 2.43. The lowest BCUT2D eigenvalue weighted by molar-refractivity contribution is -0.142. The molecule has 3 aromatic carbocycles. The normalized spacial score (nSPS) is 13.1. The van der Waals surface area contributed by atoms with Crippen molar-refractivity contribution in [3.63, 3.8) is 0 Å². The predicted octanol–water partition coefficient (Wildman–Crippen LogP) is 5.13. The lowest BCUT2D eigenvalue weighted by Crippen LogP contribution is -2.29. The molecular formula is C26H23F2NO6. The van der Waals surface area contributed by atoms with Crippen molar-refractivity contribution >= 4 is 34.2 Å². The van der Waals surface area contributed by atoms with Crippen molar-refractivity contribution in [2.75, 3.05) is 11.5 Å². The first-order valence-electron chi connectivity index (χ1n) is 11.1. The molecule has 2 amide bonds. The van der Waals surface area contributed by atoms with Gasteiger partial charge in [0.1, 0.15) is 11.5 Å². The van der Waals surface area contributed by atoms with Crippen LogP contribution in [0.2, 0.25) is 0 Å². The maximum atomic E-state index is 13.6. The minimum atomic E-state index is -3.19. The van der Waals surface area contributed by atoms with E-state index in [1.165, 1.54) is 18.2 Å². The molecule has 7 nitrogen and oxygen atoms in total. The molecule has 182 valence electrons. The zero-order valence-electron chi connectivity index (χ0n) is 19.3. The average molecular weight is 483 g/mol. The summed E-state index contributed by atoms with van der Waals surface area (Å²) >= 11 is 0. The molecule has 0 aliphatic carbocycles. The second-order valence-corrected chi connectivity index (χ2v) is 8.12. The van der Waals surface area contributed by atoms with Crippen LogP contribution in [0, 0.1) is 0 Å². The number of carbonyl (C=O) groups is 3. The van der Waals surface area contributed by atoms with Crippen molar-refractivity contribution in [2.45, 2.75) is 39.9 Å². The SMILES string of the molecule is CCOC(=O)Cc1ccc(N2C(=O)c3c(OC(F)F)cc4cccc(OC(C)C)c4c3C2=O)cc1. The summed E-state index contributed by atoms with van der Waals surface area (Å²) in [7, 11) is 0. The Kier molecular flexibility index (Phi) is 6.68. The van der Waals surface area contributed by atoms with Crippen LogP contribution in [-0.2, 0) is 16.0 Å². The third-order valence-electron chi connectivity index (χ3n) is 5.35. The number of amides is 2. The van der Waals surface area contributed by atoms with Gasteiger partial charge in [-0.1, -0.05) is 24.3 Å². The van der Waals surface area contributed by atoms with Crippen LogP contribution >= 0.6 is 0 Å². The molecule has 0 radical (unpaired) electrons. The number of halogens is 2. The molecule has 0 aromatic heterocycles. The molecule has 0 saturated carbocycles. The Hall–Kier alpha value is -4.01. The van der Waals surface area contributed by atoms with Gasteiger partial charge in [0.15, 0.2) is 0 Å². The fourth-order valence-corrected chi connectivity index (χ4v) is 4.06. The minimum absolute atomic E-state index is 0.0309. The molecule has 0 spiro atoms. The minimum Gasteiger partial charge on any atom is -0.490 e. The molecule has 1 aliphatic heterocycles. The van der Waals surface area contributed by atoms with Gasteiger partial charge in [-0.25, -0.2) is 4.90 Å². The Balaban J connectivity index is 1.82. The van der Waals surface area contributed by atoms with E-state index in [4.69, 9.17) is 9.47 Å². The summed E-state index contributed by atoms with van der Waals surface area (Å²) in [5.41, 5.74) is 0.541. The summed E-state index contributed by atoms with van der Waals surface area (Å²) < 4.78 is 41.8. The molecule has 4 rings (SSSR count). The fourth-order valence-electron chi connectivity index (χ4n) is 4.06. The summed E-state index contributed by atoms with van der Waals surface area (Å²) in [6.45, 7) is 2.39. The highest BCUT2D eigenvalue weighted by molar-refractivity contribution is 6.39. The summed E-state index contributed by atoms with van der Waals surface area (Å²) in [5.74, 6) is -1.92. The number of imide groups is 1. The Labute approximate surface area is 200 Å². The average Bonchev–Trinajstić information content (AvgIpc) is 3.04. The summed E-state index contributed by atoms with van der Waals surface area (Å²) in [4.78, 5) is 39.6. The molecule has 0 saturated heterocycles. The topological polar surface area (TPSA) is 82.1 Å². The Morgan fingerprint density at radius 2 is 1.63 bits per heavy atom. The summed E-state index contributed by atoms with van der Waals surface area (Å²) in [5, 5.41) is 0.767. The number of nitrogens with zero attached hydrogens (tertiary/aromatic N) is 1. The van der Waals surface area contributed by atoms with Crippen LogP contribution in [0.5, 0.6) is 11.5 Å². The molecule has 1 heterocycles. The number of anilines is 1. The van der Waals surface area contributed by atoms with E-state index in [1.54, 1.807) is 37.3 Å². The molecule has 9 heteroatoms. The predicted molar refractivity (Wildman–Crippen MR) is 124 cm³/mol. The van der Waals surface area contributed by atoms with Crippen LogP contribution in [0.4, 0.5) is 14.5 Å². The van der Waals surface area contributed by atoms with E-state index in [-0.39, 0.29) is 41.7 Å². The van der Waals surface area contributed by atoms with E-state index in [1.807, 2.05) is 13.8 Å². The molecule has 35 heavy (non-hydrogen) atoms. The van der Waals surface area contributed by atoms with Crippen LogP contribution in [0.25, 0.3) is 10.8 Å². The van der Waals surface area contributed by atoms with Crippen LogP contribution < -0.4 is 14.4 Å². The molecule has 0 bridgehead atoms. The number of esters is 1. The molecule has 3 aromatic rings. The van der Waals surface area contributed by atoms with Crippen molar-refractivity contribution < 1.29 is 37.4 Å². The van der Waals surface area contributed by atoms with E-state index in [9.17, 15) is 23.2 Å². The monoisotopic (exact) mass is 483 g/mol. The Morgan fingerprint density at radius 3 is 2.26 bits per heavy atom. The second-order valence-electron chi connectivity index (χ2n) is 8.12. The number of fused-ring (bicyclic) bond motifs is 3. The number of rotatable bonds is 8. The lowest BCUT2D eigenvalue weighted by atomic mass is 9.98. The van der Waals surface area contributed by atoms with Gasteiger partial charge in [0.25, 0.3) is 11.8 Å². The van der Waals surface area contributed by atoms with Crippen molar-refractivity contribution in [1.82, 2.24) is 0 Å². The highest BCUT2D eigenvalue weighted by Gasteiger charge is 2.42. The number of carbonyl (C=O) groups excluding carboxylic acids is 3. The third-order valence-corrected chi connectivity index (χ3v) is 5.35. The summed E-state index contributed by atoms with van der Waals surface area (Å²) in [6, 6.07) is 12.5. The van der Waals surface area contributed by atoms with Crippen LogP contribution in [0.3, 0.4) is 0 Å². The maximum absolute atomic E-state index is 13.6. The van der Waals surface area contributed by atoms with E-state index in [0.717, 1.165) is 4.90 Å². The molecule has 0 unspecified atom stereocenters. The van der Waals surface area contributed by atoms with Crippen LogP contribution in [-0.4, -0.2) is 37.1 Å². The first-order valence-corrected chi connectivity index (χ1v) is 11.1. The van der Waals surface area contributed by atoms with Crippen molar-refractivity contribution in [1.29, 1.82) is 0 Å². The van der Waals surface area contributed by atoms with E-state index >= 15 is 0 Å². The first-order chi connectivity index (χ1) is 16.7. The number of benzene rings is 3. The number of ether oxygens (including phenoxy) is 3. The van der Waals surface area contributed by atoms with Gasteiger partial charge in [-0.05, 0) is 56.0 Å². The van der Waals surface area contributed by atoms with E-state index < -0.39 is 24.4 Å². The summed E-state index contributed by atoms with van der Waals surface area (Å²) in [6.07, 6.45) is -0.202. The molecule has 1 aliphatic rings. The van der Waals surface area contributed by atoms with Gasteiger partial charge in [-0.2, -0.15) is 8.78 Å². The van der Waals surface area contributed by atoms with Crippen LogP contribution in [0.1, 0.15) is 47.1 Å². The standard InChI is InChI=1S/C26H23F2NO6/c1-4-33-20(30)12-15-8-10-17(11-9-15)29-24(31)22-19(35-26(27)28)13-16-6-5-7-18(34-14(2)3)21(16)23(22)25(29)32/h5-11,13-14,26H,4,12H2,1-3H3. The highest BCUT2D eigenvalue weighted by atomic mass is 19.3. The second kappa shape index (κ2) is 9.69. The zero-order chi connectivity index (χ0) is 25.3. The Morgan fingerprint density at radius 1 is 0.943 bits per heavy atom. The van der Waals surface area contributed by atoms with Gasteiger partial charge in [0.05, 0.1) is 35.9 Å². The first kappa shape index (κ1) is 24.1. The fraction of sp³-hybridized carbons (Fsp3) is 0.269. The number of alkyl halides is 2. The molecule has 0 N–H and O–H groups in total. The molecule has 0 atom stereocenters. The van der Waals surface area contributed by atoms with Crippen LogP contribution in [0.15, 0.2) is 48.5 Å². The van der Waals surface area contributed by atoms with Gasteiger partial charge in [-0.3, -0.25) is 14.4 Å². The smallest absolute Gasteiger partial charge is 0.387 e. The number of hydrogen-bond acceptors (Lipinski definition) is 6. The zero-order valence-corrected chi connectivity index (χ0v) is 19.3. The largest absolute Gasteiger partial charge is 0.490 e. The quantitative estimate of drug-likeness (QED) is 0.326. The molecular weight excluding hydrogens is 460 g/mol. The van der Waals surface area contributed by atoms with Crippen molar-refractivity contribution in [3.05, 3.63) is 65.2 Å².